The van der Waals surface area contributed by atoms with E-state index in [1.165, 1.54) is 6.26 Å². The van der Waals surface area contributed by atoms with Gasteiger partial charge in [-0.2, -0.15) is 0 Å². The van der Waals surface area contributed by atoms with Crippen LogP contribution in [0.2, 0.25) is 5.02 Å². The number of ether oxygens (including phenoxy) is 2. The Bertz CT molecular complexity index is 1380. The fraction of sp³-hybridized carbons (Fsp3) is 0.192. The minimum absolute atomic E-state index is 0.186. The summed E-state index contributed by atoms with van der Waals surface area (Å²) in [5.41, 5.74) is 2.97. The number of rotatable bonds is 8. The third kappa shape index (κ3) is 6.98. The lowest BCUT2D eigenvalue weighted by atomic mass is 10.1. The van der Waals surface area contributed by atoms with Crippen LogP contribution in [0.15, 0.2) is 75.9 Å². The first-order chi connectivity index (χ1) is 17.7. The van der Waals surface area contributed by atoms with Crippen molar-refractivity contribution in [1.82, 2.24) is 5.32 Å². The van der Waals surface area contributed by atoms with Crippen molar-refractivity contribution < 1.29 is 27.9 Å². The first kappa shape index (κ1) is 27.7. The molecule has 1 aliphatic rings. The number of carbonyl (C=O) groups excluding carboxylic acids is 1. The van der Waals surface area contributed by atoms with E-state index in [9.17, 15) is 9.36 Å². The zero-order valence-corrected chi connectivity index (χ0v) is 24.7. The number of amides is 1. The molecule has 3 aromatic carbocycles. The standard InChI is InChI=1S/C26H23Br2ClNO6P/c1-16-6-7-25(20(10-16)26(31)30-2)33-14-21-22(27)12-19(13-23(21)28)34-15-37(32)35-9-8-24(36-37)17-4-3-5-18(29)11-17/h3-13,24H,14-15H2,1-2H3,(H,30,31)/t24-,37+/m0/s1. The number of hydrogen-bond donors (Lipinski definition) is 1. The van der Waals surface area contributed by atoms with Crippen molar-refractivity contribution in [1.29, 1.82) is 0 Å². The Hall–Kier alpha value is -2.29. The number of hydrogen-bond acceptors (Lipinski definition) is 6. The average molecular weight is 672 g/mol. The van der Waals surface area contributed by atoms with Crippen molar-refractivity contribution in [3.8, 4) is 11.5 Å². The van der Waals surface area contributed by atoms with Crippen LogP contribution in [0.25, 0.3) is 0 Å². The Balaban J connectivity index is 1.43. The van der Waals surface area contributed by atoms with Gasteiger partial charge >= 0.3 is 7.60 Å². The van der Waals surface area contributed by atoms with E-state index in [0.29, 0.717) is 31.0 Å². The molecule has 0 bridgehead atoms. The quantitative estimate of drug-likeness (QED) is 0.245. The molecule has 194 valence electrons. The van der Waals surface area contributed by atoms with Gasteiger partial charge in [0.05, 0.1) is 11.8 Å². The minimum atomic E-state index is -3.58. The molecule has 3 aromatic rings. The lowest BCUT2D eigenvalue weighted by Gasteiger charge is -2.26. The van der Waals surface area contributed by atoms with Crippen LogP contribution in [0.3, 0.4) is 0 Å². The van der Waals surface area contributed by atoms with Gasteiger partial charge in [0, 0.05) is 26.6 Å². The summed E-state index contributed by atoms with van der Waals surface area (Å²) >= 11 is 13.2. The van der Waals surface area contributed by atoms with Crippen molar-refractivity contribution >= 4 is 57.0 Å². The number of aryl methyl sites for hydroxylation is 1. The fourth-order valence-corrected chi connectivity index (χ4v) is 6.38. The molecule has 1 heterocycles. The largest absolute Gasteiger partial charge is 0.488 e. The summed E-state index contributed by atoms with van der Waals surface area (Å²) in [6.45, 7) is 2.10. The van der Waals surface area contributed by atoms with Crippen LogP contribution in [0.4, 0.5) is 0 Å². The SMILES string of the molecule is CNC(=O)c1cc(C)ccc1OCc1c(Br)cc(OC[P@@]2(=O)OC=C[C@@H](c3cccc(Cl)c3)O2)cc1Br. The van der Waals surface area contributed by atoms with Gasteiger partial charge in [0.25, 0.3) is 5.91 Å². The highest BCUT2D eigenvalue weighted by molar-refractivity contribution is 9.11. The Labute approximate surface area is 236 Å². The average Bonchev–Trinajstić information content (AvgIpc) is 2.87. The molecular weight excluding hydrogens is 649 g/mol. The van der Waals surface area contributed by atoms with Crippen LogP contribution < -0.4 is 14.8 Å². The molecule has 37 heavy (non-hydrogen) atoms. The summed E-state index contributed by atoms with van der Waals surface area (Å²) in [4.78, 5) is 12.2. The van der Waals surface area contributed by atoms with E-state index in [1.54, 1.807) is 55.6 Å². The Morgan fingerprint density at radius 2 is 1.86 bits per heavy atom. The molecular formula is C26H23Br2ClNO6P. The zero-order chi connectivity index (χ0) is 26.6. The van der Waals surface area contributed by atoms with Gasteiger partial charge in [-0.05, 0) is 55.0 Å². The molecule has 0 saturated carbocycles. The molecule has 0 spiro atoms. The number of benzene rings is 3. The first-order valence-corrected chi connectivity index (χ1v) is 14.8. The van der Waals surface area contributed by atoms with E-state index < -0.39 is 13.7 Å². The van der Waals surface area contributed by atoms with Gasteiger partial charge in [-0.1, -0.05) is 67.2 Å². The molecule has 1 aliphatic heterocycles. The summed E-state index contributed by atoms with van der Waals surface area (Å²) in [6.07, 6.45) is 2.17. The van der Waals surface area contributed by atoms with E-state index >= 15 is 0 Å². The fourth-order valence-electron chi connectivity index (χ4n) is 3.53. The molecule has 0 radical (unpaired) electrons. The van der Waals surface area contributed by atoms with Crippen LogP contribution in [-0.2, 0) is 20.2 Å². The first-order valence-electron chi connectivity index (χ1n) is 11.1. The van der Waals surface area contributed by atoms with Crippen molar-refractivity contribution in [2.45, 2.75) is 19.6 Å². The van der Waals surface area contributed by atoms with Gasteiger partial charge in [0.1, 0.15) is 24.2 Å². The monoisotopic (exact) mass is 669 g/mol. The highest BCUT2D eigenvalue weighted by atomic mass is 79.9. The molecule has 2 atom stereocenters. The predicted octanol–water partition coefficient (Wildman–Crippen LogP) is 7.94. The normalized spacial score (nSPS) is 18.7. The number of halogens is 3. The van der Waals surface area contributed by atoms with Crippen LogP contribution in [-0.4, -0.2) is 19.3 Å². The number of nitrogens with one attached hydrogen (secondary N) is 1. The molecule has 1 amide bonds. The van der Waals surface area contributed by atoms with Crippen LogP contribution >= 0.6 is 51.1 Å². The van der Waals surface area contributed by atoms with Crippen molar-refractivity contribution in [3.05, 3.63) is 103 Å². The second-order valence-electron chi connectivity index (χ2n) is 8.13. The lowest BCUT2D eigenvalue weighted by Crippen LogP contribution is -2.19. The van der Waals surface area contributed by atoms with E-state index in [-0.39, 0.29) is 18.9 Å². The second-order valence-corrected chi connectivity index (χ2v) is 12.2. The van der Waals surface area contributed by atoms with Gasteiger partial charge in [0.2, 0.25) is 6.35 Å². The van der Waals surface area contributed by atoms with Gasteiger partial charge < -0.3 is 19.3 Å². The molecule has 0 fully saturated rings. The summed E-state index contributed by atoms with van der Waals surface area (Å²) in [6, 6.07) is 16.0. The van der Waals surface area contributed by atoms with Gasteiger partial charge in [-0.15, -0.1) is 0 Å². The van der Waals surface area contributed by atoms with E-state index in [2.05, 4.69) is 37.2 Å². The van der Waals surface area contributed by atoms with E-state index in [1.807, 2.05) is 19.1 Å². The number of carbonyl (C=O) groups is 1. The third-order valence-corrected chi connectivity index (χ3v) is 8.50. The maximum absolute atomic E-state index is 13.2. The van der Waals surface area contributed by atoms with Crippen LogP contribution in [0.5, 0.6) is 11.5 Å². The summed E-state index contributed by atoms with van der Waals surface area (Å²) < 4.78 is 37.4. The van der Waals surface area contributed by atoms with Crippen LogP contribution in [0.1, 0.15) is 33.2 Å². The Morgan fingerprint density at radius 1 is 1.11 bits per heavy atom. The van der Waals surface area contributed by atoms with Gasteiger partial charge in [0.15, 0.2) is 0 Å². The van der Waals surface area contributed by atoms with Gasteiger partial charge in [-0.25, -0.2) is 4.57 Å². The van der Waals surface area contributed by atoms with E-state index in [0.717, 1.165) is 16.7 Å². The van der Waals surface area contributed by atoms with Gasteiger partial charge in [-0.3, -0.25) is 9.32 Å². The second kappa shape index (κ2) is 12.0. The van der Waals surface area contributed by atoms with Crippen molar-refractivity contribution in [2.24, 2.45) is 0 Å². The molecule has 7 nitrogen and oxygen atoms in total. The maximum Gasteiger partial charge on any atom is 0.416 e. The third-order valence-electron chi connectivity index (χ3n) is 5.41. The molecule has 0 saturated heterocycles. The highest BCUT2D eigenvalue weighted by Gasteiger charge is 2.33. The maximum atomic E-state index is 13.2. The predicted molar refractivity (Wildman–Crippen MR) is 149 cm³/mol. The highest BCUT2D eigenvalue weighted by Crippen LogP contribution is 2.55. The molecule has 1 N–H and O–H groups in total. The minimum Gasteiger partial charge on any atom is -0.488 e. The van der Waals surface area contributed by atoms with E-state index in [4.69, 9.17) is 30.1 Å². The Kier molecular flexibility index (Phi) is 9.03. The van der Waals surface area contributed by atoms with Crippen LogP contribution in [0, 0.1) is 6.92 Å². The summed E-state index contributed by atoms with van der Waals surface area (Å²) in [5, 5.41) is 3.18. The molecule has 0 unspecified atom stereocenters. The molecule has 0 aliphatic carbocycles. The van der Waals surface area contributed by atoms with Crippen molar-refractivity contribution in [2.75, 3.05) is 13.4 Å². The summed E-state index contributed by atoms with van der Waals surface area (Å²) in [7, 11) is -2.00. The summed E-state index contributed by atoms with van der Waals surface area (Å²) in [5.74, 6) is 0.686. The lowest BCUT2D eigenvalue weighted by molar-refractivity contribution is 0.0958. The Morgan fingerprint density at radius 3 is 2.57 bits per heavy atom. The smallest absolute Gasteiger partial charge is 0.416 e. The molecule has 4 rings (SSSR count). The van der Waals surface area contributed by atoms with Crippen molar-refractivity contribution in [3.63, 3.8) is 0 Å². The zero-order valence-electron chi connectivity index (χ0n) is 19.9. The topological polar surface area (TPSA) is 83.1 Å². The molecule has 0 aromatic heterocycles. The molecule has 11 heteroatoms.